The van der Waals surface area contributed by atoms with Crippen molar-refractivity contribution in [3.05, 3.63) is 69.2 Å². The number of aldehydes is 1. The lowest BCUT2D eigenvalue weighted by Crippen LogP contribution is -2.48. The third-order valence-electron chi connectivity index (χ3n) is 6.25. The average molecular weight is 548 g/mol. The zero-order valence-corrected chi connectivity index (χ0v) is 21.0. The molecule has 1 amide bonds. The number of carbonyl (C=O) groups excluding carboxylic acids is 2. The number of hydrogen-bond donors (Lipinski definition) is 0. The first-order chi connectivity index (χ1) is 17.7. The summed E-state index contributed by atoms with van der Waals surface area (Å²) in [6, 6.07) is 9.12. The number of benzene rings is 2. The summed E-state index contributed by atoms with van der Waals surface area (Å²) in [5.74, 6) is -0.312. The van der Waals surface area contributed by atoms with Crippen LogP contribution in [-0.2, 0) is 22.3 Å². The maximum atomic E-state index is 13.5. The molecule has 2 aromatic carbocycles. The molecule has 3 aromatic rings. The smallest absolute Gasteiger partial charge is 0.348 e. The van der Waals surface area contributed by atoms with Gasteiger partial charge in [-0.25, -0.2) is 0 Å². The van der Waals surface area contributed by atoms with Gasteiger partial charge in [0.05, 0.1) is 35.3 Å². The summed E-state index contributed by atoms with van der Waals surface area (Å²) in [6.07, 6.45) is -0.299. The normalized spacial score (nSPS) is 18.2. The minimum absolute atomic E-state index is 0.0192. The molecule has 1 saturated heterocycles. The van der Waals surface area contributed by atoms with Gasteiger partial charge in [-0.2, -0.15) is 23.3 Å². The molecule has 0 aliphatic carbocycles. The first kappa shape index (κ1) is 25.5. The van der Waals surface area contributed by atoms with Gasteiger partial charge in [-0.05, 0) is 53.2 Å². The second-order valence-corrected chi connectivity index (χ2v) is 10.1. The molecule has 192 valence electrons. The molecule has 1 fully saturated rings. The summed E-state index contributed by atoms with van der Waals surface area (Å²) >= 11 is 7.10. The van der Waals surface area contributed by atoms with Crippen LogP contribution in [0.5, 0.6) is 0 Å². The number of rotatable bonds is 5. The number of aromatic nitrogens is 2. The van der Waals surface area contributed by atoms with Gasteiger partial charge in [0, 0.05) is 36.6 Å². The third kappa shape index (κ3) is 5.58. The Balaban J connectivity index is 1.31. The predicted octanol–water partition coefficient (Wildman–Crippen LogP) is 4.54. The molecule has 0 N–H and O–H groups in total. The number of fused-ring (bicyclic) bond motifs is 1. The number of hydrogen-bond acceptors (Lipinski definition) is 6. The molecular formula is C25H21ClF3N5O2S. The Labute approximate surface area is 219 Å². The van der Waals surface area contributed by atoms with Crippen LogP contribution in [0, 0.1) is 0 Å². The number of alkyl halides is 3. The Morgan fingerprint density at radius 2 is 1.86 bits per heavy atom. The highest BCUT2D eigenvalue weighted by Gasteiger charge is 2.34. The maximum Gasteiger partial charge on any atom is 0.416 e. The highest BCUT2D eigenvalue weighted by Crippen LogP contribution is 2.35. The molecular weight excluding hydrogens is 527 g/mol. The van der Waals surface area contributed by atoms with Gasteiger partial charge in [0.1, 0.15) is 6.29 Å². The number of thioether (sulfide) groups is 1. The fourth-order valence-corrected chi connectivity index (χ4v) is 5.48. The van der Waals surface area contributed by atoms with Crippen LogP contribution in [0.1, 0.15) is 16.7 Å². The van der Waals surface area contributed by atoms with Gasteiger partial charge in [-0.15, -0.1) is 0 Å². The third-order valence-corrected chi connectivity index (χ3v) is 7.53. The number of piperazine rings is 1. The highest BCUT2D eigenvalue weighted by molar-refractivity contribution is 8.18. The molecule has 5 rings (SSSR count). The first-order valence-electron chi connectivity index (χ1n) is 11.5. The monoisotopic (exact) mass is 547 g/mol. The Hall–Kier alpha value is -3.15. The van der Waals surface area contributed by atoms with E-state index in [2.05, 4.69) is 15.0 Å². The molecule has 0 saturated carbocycles. The number of nitrogens with zero attached hydrogens (tertiary/aromatic N) is 5. The minimum Gasteiger partial charge on any atom is -0.348 e. The number of amides is 1. The van der Waals surface area contributed by atoms with Crippen LogP contribution in [0.3, 0.4) is 0 Å². The highest BCUT2D eigenvalue weighted by atomic mass is 35.5. The van der Waals surface area contributed by atoms with Crippen molar-refractivity contribution < 1.29 is 22.8 Å². The fraction of sp³-hybridized carbons (Fsp3) is 0.280. The molecule has 12 heteroatoms. The van der Waals surface area contributed by atoms with E-state index in [1.54, 1.807) is 24.4 Å². The SMILES string of the molecule is O=CCN1CCN(C2=NC(=O)/C(=C/c3ccc4c(cnn4Cc4ccc(Cl)cc4C(F)(F)F)c3)S2)CC1. The number of halogens is 4. The maximum absolute atomic E-state index is 13.5. The lowest BCUT2D eigenvalue weighted by molar-refractivity contribution is -0.138. The molecule has 3 heterocycles. The molecule has 0 unspecified atom stereocenters. The van der Waals surface area contributed by atoms with Crippen molar-refractivity contribution in [3.8, 4) is 0 Å². The second kappa shape index (κ2) is 10.3. The van der Waals surface area contributed by atoms with Gasteiger partial charge in [0.2, 0.25) is 0 Å². The molecule has 0 bridgehead atoms. The topological polar surface area (TPSA) is 70.8 Å². The fourth-order valence-electron chi connectivity index (χ4n) is 4.34. The van der Waals surface area contributed by atoms with E-state index >= 15 is 0 Å². The number of aliphatic imine (C=N–C) groups is 1. The van der Waals surface area contributed by atoms with Crippen molar-refractivity contribution in [1.82, 2.24) is 19.6 Å². The molecule has 37 heavy (non-hydrogen) atoms. The molecule has 2 aliphatic rings. The van der Waals surface area contributed by atoms with Gasteiger partial charge in [0.25, 0.3) is 5.91 Å². The van der Waals surface area contributed by atoms with Crippen LogP contribution < -0.4 is 0 Å². The van der Waals surface area contributed by atoms with E-state index in [0.717, 1.165) is 36.4 Å². The zero-order valence-electron chi connectivity index (χ0n) is 19.4. The van der Waals surface area contributed by atoms with E-state index < -0.39 is 11.7 Å². The van der Waals surface area contributed by atoms with Crippen molar-refractivity contribution in [2.24, 2.45) is 4.99 Å². The lowest BCUT2D eigenvalue weighted by atomic mass is 10.1. The number of carbonyl (C=O) groups is 2. The largest absolute Gasteiger partial charge is 0.416 e. The van der Waals surface area contributed by atoms with E-state index in [1.165, 1.54) is 28.6 Å². The van der Waals surface area contributed by atoms with E-state index in [1.807, 2.05) is 11.0 Å². The molecule has 1 aromatic heterocycles. The Morgan fingerprint density at radius 3 is 2.59 bits per heavy atom. The summed E-state index contributed by atoms with van der Waals surface area (Å²) in [5.41, 5.74) is 0.707. The quantitative estimate of drug-likeness (QED) is 0.345. The van der Waals surface area contributed by atoms with Crippen molar-refractivity contribution in [3.63, 3.8) is 0 Å². The Morgan fingerprint density at radius 1 is 1.08 bits per heavy atom. The van der Waals surface area contributed by atoms with E-state index in [0.29, 0.717) is 35.2 Å². The molecule has 7 nitrogen and oxygen atoms in total. The van der Waals surface area contributed by atoms with Crippen LogP contribution in [0.2, 0.25) is 5.02 Å². The van der Waals surface area contributed by atoms with Crippen LogP contribution in [-0.4, -0.2) is 69.7 Å². The van der Waals surface area contributed by atoms with Crippen molar-refractivity contribution in [2.75, 3.05) is 32.7 Å². The summed E-state index contributed by atoms with van der Waals surface area (Å²) in [5, 5.41) is 5.69. The number of amidine groups is 1. The van der Waals surface area contributed by atoms with Gasteiger partial charge < -0.3 is 9.69 Å². The average Bonchev–Trinajstić information content (AvgIpc) is 3.43. The second-order valence-electron chi connectivity index (χ2n) is 8.68. The molecule has 0 spiro atoms. The zero-order chi connectivity index (χ0) is 26.2. The Kier molecular flexibility index (Phi) is 7.11. The summed E-state index contributed by atoms with van der Waals surface area (Å²) in [4.78, 5) is 32.0. The molecule has 0 radical (unpaired) electrons. The predicted molar refractivity (Wildman–Crippen MR) is 137 cm³/mol. The molecule has 0 atom stereocenters. The summed E-state index contributed by atoms with van der Waals surface area (Å²) in [6.45, 7) is 3.17. The van der Waals surface area contributed by atoms with Crippen LogP contribution >= 0.6 is 23.4 Å². The van der Waals surface area contributed by atoms with E-state index in [-0.39, 0.29) is 23.0 Å². The first-order valence-corrected chi connectivity index (χ1v) is 12.7. The van der Waals surface area contributed by atoms with Gasteiger partial charge in [-0.1, -0.05) is 23.7 Å². The van der Waals surface area contributed by atoms with Gasteiger partial charge in [0.15, 0.2) is 5.17 Å². The summed E-state index contributed by atoms with van der Waals surface area (Å²) in [7, 11) is 0. The minimum atomic E-state index is -4.53. The van der Waals surface area contributed by atoms with Crippen molar-refractivity contribution in [1.29, 1.82) is 0 Å². The van der Waals surface area contributed by atoms with E-state index in [9.17, 15) is 22.8 Å². The van der Waals surface area contributed by atoms with Crippen LogP contribution in [0.4, 0.5) is 13.2 Å². The van der Waals surface area contributed by atoms with Crippen LogP contribution in [0.25, 0.3) is 17.0 Å². The lowest BCUT2D eigenvalue weighted by Gasteiger charge is -2.34. The van der Waals surface area contributed by atoms with Crippen molar-refractivity contribution >= 4 is 57.7 Å². The van der Waals surface area contributed by atoms with Crippen molar-refractivity contribution in [2.45, 2.75) is 12.7 Å². The van der Waals surface area contributed by atoms with Gasteiger partial charge >= 0.3 is 6.18 Å². The van der Waals surface area contributed by atoms with Gasteiger partial charge in [-0.3, -0.25) is 14.4 Å². The van der Waals surface area contributed by atoms with E-state index in [4.69, 9.17) is 11.6 Å². The van der Waals surface area contributed by atoms with Crippen LogP contribution in [0.15, 0.2) is 52.5 Å². The molecule has 2 aliphatic heterocycles. The standard InChI is InChI=1S/C25H21ClF3N5O2S/c26-19-3-2-17(20(13-19)25(27,28)29)15-34-21-4-1-16(11-18(21)14-30-34)12-22-23(36)31-24(37-22)33-7-5-32(6-8-33)9-10-35/h1-4,10-14H,5-9,15H2/b22-12-. The summed E-state index contributed by atoms with van der Waals surface area (Å²) < 4.78 is 42.0. The Bertz CT molecular complexity index is 1430.